The number of hydrogen-bond acceptors (Lipinski definition) is 0. The second-order valence-corrected chi connectivity index (χ2v) is 3.62. The van der Waals surface area contributed by atoms with Crippen LogP contribution in [-0.2, 0) is 12.1 Å². The van der Waals surface area contributed by atoms with Crippen molar-refractivity contribution in [3.05, 3.63) is 33.5 Å². The lowest BCUT2D eigenvalue weighted by molar-refractivity contribution is -0.138. The van der Waals surface area contributed by atoms with Gasteiger partial charge in [0.2, 0.25) is 0 Å². The van der Waals surface area contributed by atoms with Crippen molar-refractivity contribution < 1.29 is 17.6 Å². The van der Waals surface area contributed by atoms with E-state index in [1.165, 1.54) is 0 Å². The molecule has 0 atom stereocenters. The van der Waals surface area contributed by atoms with Gasteiger partial charge in [-0.05, 0) is 33.6 Å². The van der Waals surface area contributed by atoms with Crippen LogP contribution < -0.4 is 0 Å². The number of alkyl halides is 4. The van der Waals surface area contributed by atoms with Crippen molar-refractivity contribution in [2.45, 2.75) is 12.1 Å². The molecule has 0 aliphatic rings. The maximum atomic E-state index is 12.7. The van der Waals surface area contributed by atoms with E-state index in [0.717, 1.165) is 6.07 Å². The van der Waals surface area contributed by atoms with Crippen molar-refractivity contribution in [3.63, 3.8) is 0 Å². The lowest BCUT2D eigenvalue weighted by Gasteiger charge is -2.11. The van der Waals surface area contributed by atoms with E-state index in [0.29, 0.717) is 6.07 Å². The highest BCUT2D eigenvalue weighted by atomic mass is 79.9. The number of halogens is 6. The Morgan fingerprint density at radius 2 is 1.86 bits per heavy atom. The molecule has 0 saturated carbocycles. The van der Waals surface area contributed by atoms with Crippen molar-refractivity contribution in [3.8, 4) is 0 Å². The summed E-state index contributed by atoms with van der Waals surface area (Å²) in [6.45, 7) is 0. The molecule has 0 nitrogen and oxygen atoms in total. The van der Waals surface area contributed by atoms with Crippen LogP contribution in [0.3, 0.4) is 0 Å². The predicted octanol–water partition coefficient (Wildman–Crippen LogP) is 4.35. The molecule has 0 saturated heterocycles. The van der Waals surface area contributed by atoms with Crippen molar-refractivity contribution in [1.29, 1.82) is 0 Å². The molecule has 0 aromatic heterocycles. The van der Waals surface area contributed by atoms with Crippen LogP contribution >= 0.6 is 27.5 Å². The van der Waals surface area contributed by atoms with Crippen LogP contribution in [0.2, 0.25) is 0 Å². The molecule has 0 spiro atoms. The average molecular weight is 291 g/mol. The van der Waals surface area contributed by atoms with Crippen molar-refractivity contribution in [1.82, 2.24) is 0 Å². The Balaban J connectivity index is 3.37. The monoisotopic (exact) mass is 290 g/mol. The number of benzene rings is 1. The molecule has 0 bridgehead atoms. The average Bonchev–Trinajstić information content (AvgIpc) is 2.06. The van der Waals surface area contributed by atoms with Gasteiger partial charge in [-0.2, -0.15) is 13.2 Å². The molecule has 0 radical (unpaired) electrons. The van der Waals surface area contributed by atoms with Crippen LogP contribution in [0.15, 0.2) is 16.6 Å². The third-order valence-electron chi connectivity index (χ3n) is 1.56. The van der Waals surface area contributed by atoms with Gasteiger partial charge in [0.05, 0.1) is 5.56 Å². The molecule has 0 N–H and O–H groups in total. The lowest BCUT2D eigenvalue weighted by atomic mass is 10.1. The summed E-state index contributed by atoms with van der Waals surface area (Å²) in [5.74, 6) is -1.13. The maximum absolute atomic E-state index is 12.7. The first kappa shape index (κ1) is 11.8. The molecule has 0 amide bonds. The zero-order valence-corrected chi connectivity index (χ0v) is 8.97. The van der Waals surface area contributed by atoms with E-state index >= 15 is 0 Å². The molecule has 14 heavy (non-hydrogen) atoms. The Morgan fingerprint density at radius 3 is 2.29 bits per heavy atom. The summed E-state index contributed by atoms with van der Waals surface area (Å²) in [6, 6.07) is 1.40. The van der Waals surface area contributed by atoms with E-state index in [1.807, 2.05) is 0 Å². The summed E-state index contributed by atoms with van der Waals surface area (Å²) >= 11 is 8.10. The largest absolute Gasteiger partial charge is 0.417 e. The van der Waals surface area contributed by atoms with Crippen LogP contribution in [0.4, 0.5) is 17.6 Å². The molecule has 1 rings (SSSR count). The molecule has 0 unspecified atom stereocenters. The van der Waals surface area contributed by atoms with E-state index in [-0.39, 0.29) is 15.9 Å². The van der Waals surface area contributed by atoms with E-state index < -0.39 is 17.6 Å². The third-order valence-corrected chi connectivity index (χ3v) is 2.79. The minimum Gasteiger partial charge on any atom is -0.207 e. The van der Waals surface area contributed by atoms with Gasteiger partial charge in [0.1, 0.15) is 5.82 Å². The normalized spacial score (nSPS) is 11.9. The first-order chi connectivity index (χ1) is 6.36. The quantitative estimate of drug-likeness (QED) is 0.533. The van der Waals surface area contributed by atoms with Gasteiger partial charge >= 0.3 is 6.18 Å². The van der Waals surface area contributed by atoms with E-state index in [4.69, 9.17) is 11.6 Å². The SMILES string of the molecule is Fc1cc(CCl)c(Br)c(C(F)(F)F)c1. The van der Waals surface area contributed by atoms with Gasteiger partial charge in [0.25, 0.3) is 0 Å². The fourth-order valence-electron chi connectivity index (χ4n) is 0.949. The van der Waals surface area contributed by atoms with Crippen LogP contribution in [0.25, 0.3) is 0 Å². The summed E-state index contributed by atoms with van der Waals surface area (Å²) in [7, 11) is 0. The summed E-state index contributed by atoms with van der Waals surface area (Å²) in [6.07, 6.45) is -4.58. The summed E-state index contributed by atoms with van der Waals surface area (Å²) in [5.41, 5.74) is -0.966. The third kappa shape index (κ3) is 2.39. The second-order valence-electron chi connectivity index (χ2n) is 2.56. The van der Waals surface area contributed by atoms with Gasteiger partial charge in [0.15, 0.2) is 0 Å². The fourth-order valence-corrected chi connectivity index (χ4v) is 1.92. The van der Waals surface area contributed by atoms with Gasteiger partial charge in [-0.25, -0.2) is 4.39 Å². The molecular weight excluding hydrogens is 287 g/mol. The molecule has 1 aromatic rings. The van der Waals surface area contributed by atoms with Crippen LogP contribution in [0, 0.1) is 5.82 Å². The highest BCUT2D eigenvalue weighted by Gasteiger charge is 2.34. The lowest BCUT2D eigenvalue weighted by Crippen LogP contribution is -2.08. The van der Waals surface area contributed by atoms with Crippen LogP contribution in [0.1, 0.15) is 11.1 Å². The Labute approximate surface area is 91.0 Å². The standard InChI is InChI=1S/C8H4BrClF4/c9-7-4(3-10)1-5(11)2-6(7)8(12,13)14/h1-2H,3H2. The van der Waals surface area contributed by atoms with Gasteiger partial charge in [-0.3, -0.25) is 0 Å². The Morgan fingerprint density at radius 1 is 1.29 bits per heavy atom. The van der Waals surface area contributed by atoms with E-state index in [2.05, 4.69) is 15.9 Å². The first-order valence-electron chi connectivity index (χ1n) is 3.47. The Kier molecular flexibility index (Phi) is 3.42. The molecule has 78 valence electrons. The topological polar surface area (TPSA) is 0 Å². The fraction of sp³-hybridized carbons (Fsp3) is 0.250. The second kappa shape index (κ2) is 4.06. The smallest absolute Gasteiger partial charge is 0.207 e. The van der Waals surface area contributed by atoms with Crippen molar-refractivity contribution >= 4 is 27.5 Å². The van der Waals surface area contributed by atoms with Gasteiger partial charge in [-0.15, -0.1) is 11.6 Å². The predicted molar refractivity (Wildman–Crippen MR) is 48.7 cm³/mol. The highest BCUT2D eigenvalue weighted by molar-refractivity contribution is 9.10. The summed E-state index contributed by atoms with van der Waals surface area (Å²) in [5, 5.41) is 0. The minimum absolute atomic E-state index is 0.0824. The van der Waals surface area contributed by atoms with Gasteiger partial charge < -0.3 is 0 Å². The van der Waals surface area contributed by atoms with Crippen LogP contribution in [0.5, 0.6) is 0 Å². The highest BCUT2D eigenvalue weighted by Crippen LogP contribution is 2.37. The van der Waals surface area contributed by atoms with Gasteiger partial charge in [-0.1, -0.05) is 0 Å². The molecule has 6 heteroatoms. The maximum Gasteiger partial charge on any atom is 0.417 e. The molecule has 1 aromatic carbocycles. The Hall–Kier alpha value is -0.290. The zero-order valence-electron chi connectivity index (χ0n) is 6.63. The Bertz CT molecular complexity index is 348. The molecule has 0 fully saturated rings. The van der Waals surface area contributed by atoms with Crippen LogP contribution in [-0.4, -0.2) is 0 Å². The zero-order chi connectivity index (χ0) is 10.9. The summed E-state index contributed by atoms with van der Waals surface area (Å²) in [4.78, 5) is 0. The van der Waals surface area contributed by atoms with Gasteiger partial charge in [0, 0.05) is 10.4 Å². The number of hydrogen-bond donors (Lipinski definition) is 0. The number of rotatable bonds is 1. The van der Waals surface area contributed by atoms with E-state index in [9.17, 15) is 17.6 Å². The molecule has 0 aliphatic heterocycles. The van der Waals surface area contributed by atoms with Crippen molar-refractivity contribution in [2.75, 3.05) is 0 Å². The first-order valence-corrected chi connectivity index (χ1v) is 4.80. The summed E-state index contributed by atoms with van der Waals surface area (Å²) < 4.78 is 49.5. The molecular formula is C8H4BrClF4. The van der Waals surface area contributed by atoms with Crippen molar-refractivity contribution in [2.24, 2.45) is 0 Å². The molecule has 0 aliphatic carbocycles. The molecule has 0 heterocycles. The van der Waals surface area contributed by atoms with E-state index in [1.54, 1.807) is 0 Å². The minimum atomic E-state index is -4.58.